The van der Waals surface area contributed by atoms with Crippen LogP contribution in [0.1, 0.15) is 91.9 Å². The lowest BCUT2D eigenvalue weighted by atomic mass is 9.43. The number of hydrogen-bond donors (Lipinski definition) is 0. The average Bonchev–Trinajstić information content (AvgIpc) is 3.31. The van der Waals surface area contributed by atoms with Gasteiger partial charge >= 0.3 is 11.9 Å². The Morgan fingerprint density at radius 1 is 1.25 bits per heavy atom. The van der Waals surface area contributed by atoms with Crippen LogP contribution >= 0.6 is 0 Å². The number of hydrogen-bond acceptors (Lipinski definition) is 5. The Kier molecular flexibility index (Phi) is 6.12. The van der Waals surface area contributed by atoms with Gasteiger partial charge in [0.05, 0.1) is 7.11 Å². The molecule has 36 heavy (non-hydrogen) atoms. The second-order valence-corrected chi connectivity index (χ2v) is 13.4. The van der Waals surface area contributed by atoms with Gasteiger partial charge in [-0.2, -0.15) is 0 Å². The fraction of sp³-hybridized carbons (Fsp3) is 0.774. The summed E-state index contributed by atoms with van der Waals surface area (Å²) in [5.41, 5.74) is 2.00. The maximum atomic E-state index is 12.7. The molecule has 0 aromatic carbocycles. The number of carbonyl (C=O) groups excluding carboxylic acids is 3. The molecule has 198 valence electrons. The van der Waals surface area contributed by atoms with Crippen molar-refractivity contribution >= 4 is 18.2 Å². The number of ether oxygens (including phenoxy) is 2. The predicted octanol–water partition coefficient (Wildman–Crippen LogP) is 6.21. The zero-order valence-corrected chi connectivity index (χ0v) is 22.9. The van der Waals surface area contributed by atoms with Gasteiger partial charge < -0.3 is 9.47 Å². The van der Waals surface area contributed by atoms with E-state index in [0.717, 1.165) is 44.0 Å². The van der Waals surface area contributed by atoms with Crippen molar-refractivity contribution in [3.05, 3.63) is 23.8 Å². The summed E-state index contributed by atoms with van der Waals surface area (Å²) in [6.45, 7) is 13.6. The molecule has 1 heterocycles. The van der Waals surface area contributed by atoms with E-state index in [-0.39, 0.29) is 45.6 Å². The van der Waals surface area contributed by atoms with Gasteiger partial charge in [0, 0.05) is 17.9 Å². The molecule has 0 bridgehead atoms. The maximum Gasteiger partial charge on any atom is 0.334 e. The van der Waals surface area contributed by atoms with Crippen LogP contribution in [0.2, 0.25) is 0 Å². The first-order valence-corrected chi connectivity index (χ1v) is 14.1. The Labute approximate surface area is 216 Å². The molecule has 0 amide bonds. The third-order valence-electron chi connectivity index (χ3n) is 12.4. The number of fused-ring (bicyclic) bond motifs is 4. The highest BCUT2D eigenvalue weighted by Crippen LogP contribution is 2.88. The van der Waals surface area contributed by atoms with Gasteiger partial charge in [-0.25, -0.2) is 4.79 Å². The molecule has 0 aromatic heterocycles. The van der Waals surface area contributed by atoms with Crippen LogP contribution in [-0.2, 0) is 23.9 Å². The smallest absolute Gasteiger partial charge is 0.334 e. The lowest BCUT2D eigenvalue weighted by molar-refractivity contribution is -0.158. The highest BCUT2D eigenvalue weighted by molar-refractivity contribution is 5.91. The molecule has 5 fully saturated rings. The van der Waals surface area contributed by atoms with Gasteiger partial charge in [0.1, 0.15) is 12.4 Å². The molecule has 1 saturated heterocycles. The Morgan fingerprint density at radius 3 is 2.69 bits per heavy atom. The molecule has 1 spiro atoms. The van der Waals surface area contributed by atoms with Gasteiger partial charge in [0.2, 0.25) is 0 Å². The van der Waals surface area contributed by atoms with Crippen LogP contribution < -0.4 is 0 Å². The summed E-state index contributed by atoms with van der Waals surface area (Å²) in [6, 6.07) is 0. The highest BCUT2D eigenvalue weighted by atomic mass is 16.6. The van der Waals surface area contributed by atoms with E-state index < -0.39 is 0 Å². The molecular formula is C31H44O5. The summed E-state index contributed by atoms with van der Waals surface area (Å²) in [5, 5.41) is 0. The number of esters is 2. The minimum absolute atomic E-state index is 0.0443. The van der Waals surface area contributed by atoms with Crippen LogP contribution in [0.5, 0.6) is 0 Å². The molecule has 0 N–H and O–H groups in total. The van der Waals surface area contributed by atoms with Crippen molar-refractivity contribution in [1.29, 1.82) is 0 Å². The Balaban J connectivity index is 1.44. The van der Waals surface area contributed by atoms with Crippen LogP contribution in [0, 0.1) is 45.3 Å². The molecule has 5 heteroatoms. The number of methoxy groups -OCH3 is 1. The van der Waals surface area contributed by atoms with E-state index in [1.165, 1.54) is 32.8 Å². The molecular weight excluding hydrogens is 452 g/mol. The Hall–Kier alpha value is -1.91. The molecule has 0 aromatic rings. The number of carbonyl (C=O) groups is 3. The highest BCUT2D eigenvalue weighted by Gasteiger charge is 2.83. The van der Waals surface area contributed by atoms with E-state index >= 15 is 0 Å². The fourth-order valence-corrected chi connectivity index (χ4v) is 10.4. The van der Waals surface area contributed by atoms with E-state index in [0.29, 0.717) is 29.7 Å². The standard InChI is InChI=1S/C31H44O5/c1-19(17-32)8-7-9-20(2)22-10-12-29(5)24-16-23-26(21(3)27(34)36-23)31(13-11-25(33)35-6)18-30(24,31)15-14-28(22,29)4/h8,17,20,22-24,26H,3,7,9-16,18H2,1-2,4-6H3/t20-,22-,23-,24+,26-,28-,29+,30+,31-/m1/s1. The normalized spacial score (nSPS) is 45.6. The van der Waals surface area contributed by atoms with E-state index in [1.54, 1.807) is 0 Å². The molecule has 1 aliphatic heterocycles. The molecule has 5 nitrogen and oxygen atoms in total. The van der Waals surface area contributed by atoms with Crippen molar-refractivity contribution in [2.75, 3.05) is 7.11 Å². The molecule has 9 atom stereocenters. The first kappa shape index (κ1) is 25.7. The van der Waals surface area contributed by atoms with Gasteiger partial charge in [0.15, 0.2) is 0 Å². The minimum atomic E-state index is -0.229. The lowest BCUT2D eigenvalue weighted by Crippen LogP contribution is -2.56. The van der Waals surface area contributed by atoms with Gasteiger partial charge in [-0.1, -0.05) is 33.4 Å². The van der Waals surface area contributed by atoms with Crippen LogP contribution in [0.25, 0.3) is 0 Å². The molecule has 5 aliphatic rings. The van der Waals surface area contributed by atoms with Gasteiger partial charge in [-0.05, 0) is 110 Å². The molecule has 0 radical (unpaired) electrons. The van der Waals surface area contributed by atoms with Crippen molar-refractivity contribution in [1.82, 2.24) is 0 Å². The van der Waals surface area contributed by atoms with Crippen molar-refractivity contribution in [2.24, 2.45) is 45.3 Å². The molecule has 0 unspecified atom stereocenters. The lowest BCUT2D eigenvalue weighted by Gasteiger charge is -2.61. The van der Waals surface area contributed by atoms with Gasteiger partial charge in [-0.15, -0.1) is 0 Å². The minimum Gasteiger partial charge on any atom is -0.469 e. The summed E-state index contributed by atoms with van der Waals surface area (Å²) in [6.07, 6.45) is 13.0. The van der Waals surface area contributed by atoms with Crippen molar-refractivity contribution < 1.29 is 23.9 Å². The first-order valence-electron chi connectivity index (χ1n) is 14.1. The van der Waals surface area contributed by atoms with Crippen molar-refractivity contribution in [3.8, 4) is 0 Å². The van der Waals surface area contributed by atoms with Crippen LogP contribution in [0.15, 0.2) is 23.8 Å². The topological polar surface area (TPSA) is 69.7 Å². The third-order valence-corrected chi connectivity index (χ3v) is 12.4. The Bertz CT molecular complexity index is 1010. The first-order chi connectivity index (χ1) is 17.0. The van der Waals surface area contributed by atoms with Gasteiger partial charge in [0.25, 0.3) is 0 Å². The zero-order valence-electron chi connectivity index (χ0n) is 22.9. The third kappa shape index (κ3) is 3.29. The number of rotatable bonds is 8. The van der Waals surface area contributed by atoms with E-state index in [4.69, 9.17) is 9.47 Å². The largest absolute Gasteiger partial charge is 0.469 e. The summed E-state index contributed by atoms with van der Waals surface area (Å²) in [5.74, 6) is 1.41. The van der Waals surface area contributed by atoms with Gasteiger partial charge in [-0.3, -0.25) is 9.59 Å². The summed E-state index contributed by atoms with van der Waals surface area (Å²) < 4.78 is 11.0. The average molecular weight is 497 g/mol. The van der Waals surface area contributed by atoms with Crippen LogP contribution in [0.3, 0.4) is 0 Å². The van der Waals surface area contributed by atoms with Crippen molar-refractivity contribution in [2.45, 2.75) is 98.0 Å². The molecule has 4 aliphatic carbocycles. The Morgan fingerprint density at radius 2 is 2.00 bits per heavy atom. The fourth-order valence-electron chi connectivity index (χ4n) is 10.4. The van der Waals surface area contributed by atoms with Crippen molar-refractivity contribution in [3.63, 3.8) is 0 Å². The van der Waals surface area contributed by atoms with Crippen LogP contribution in [-0.4, -0.2) is 31.4 Å². The quantitative estimate of drug-likeness (QED) is 0.227. The monoisotopic (exact) mass is 496 g/mol. The predicted molar refractivity (Wildman–Crippen MR) is 138 cm³/mol. The second-order valence-electron chi connectivity index (χ2n) is 13.4. The SMILES string of the molecule is C=C1C(=O)O[C@@H]2C[C@@H]3[C@]4(CC[C@]5(C)[C@@H]([C@H](C)CCC=C(C)C=O)CC[C@@]35C)C[C@]4(CCC(=O)OC)[C@H]12. The molecule has 5 rings (SSSR count). The van der Waals surface area contributed by atoms with Crippen LogP contribution in [0.4, 0.5) is 0 Å². The maximum absolute atomic E-state index is 12.7. The number of allylic oxidation sites excluding steroid dienone is 2. The number of aldehydes is 1. The molecule has 4 saturated carbocycles. The zero-order chi connectivity index (χ0) is 26.1. The van der Waals surface area contributed by atoms with E-state index in [1.807, 2.05) is 6.92 Å². The van der Waals surface area contributed by atoms with E-state index in [9.17, 15) is 14.4 Å². The second kappa shape index (κ2) is 8.56. The summed E-state index contributed by atoms with van der Waals surface area (Å²) in [4.78, 5) is 35.9. The summed E-state index contributed by atoms with van der Waals surface area (Å²) in [7, 11) is 1.46. The van der Waals surface area contributed by atoms with E-state index in [2.05, 4.69) is 33.4 Å². The summed E-state index contributed by atoms with van der Waals surface area (Å²) >= 11 is 0.